The van der Waals surface area contributed by atoms with Crippen LogP contribution in [0.15, 0.2) is 83.8 Å². The maximum atomic E-state index is 12.1. The topological polar surface area (TPSA) is 38.3 Å². The lowest BCUT2D eigenvalue weighted by Gasteiger charge is -2.23. The standard InChI is InChI=1S/C24H25NO2S/c1-28(2,26)21-14-12-20(13-15-21)27-24-22-11-7-6-10-19(22)16-23(24)25-17-18-8-4-3-5-9-18/h3-15,23-25H,1,16-17H2,2H3/t23-,24-,28?/m0/s1. The number of nitrogens with one attached hydrogen (secondary N) is 1. The molecule has 0 heterocycles. The van der Waals surface area contributed by atoms with E-state index < -0.39 is 9.52 Å². The fourth-order valence-electron chi connectivity index (χ4n) is 3.68. The van der Waals surface area contributed by atoms with Crippen LogP contribution < -0.4 is 10.1 Å². The number of benzene rings is 3. The highest BCUT2D eigenvalue weighted by Crippen LogP contribution is 2.35. The van der Waals surface area contributed by atoms with E-state index in [1.54, 1.807) is 6.26 Å². The molecule has 4 heteroatoms. The van der Waals surface area contributed by atoms with Crippen molar-refractivity contribution in [2.75, 3.05) is 6.26 Å². The fourth-order valence-corrected chi connectivity index (χ4v) is 4.39. The molecule has 3 aromatic rings. The van der Waals surface area contributed by atoms with Gasteiger partial charge in [0.15, 0.2) is 0 Å². The van der Waals surface area contributed by atoms with Crippen LogP contribution >= 0.6 is 0 Å². The molecule has 0 aliphatic heterocycles. The SMILES string of the molecule is C=S(C)(=O)c1ccc(O[C@H]2c3ccccc3C[C@@H]2NCc2ccccc2)cc1. The van der Waals surface area contributed by atoms with Crippen LogP contribution in [0.2, 0.25) is 0 Å². The normalized spacial score (nSPS) is 20.3. The van der Waals surface area contributed by atoms with E-state index in [1.807, 2.05) is 30.3 Å². The predicted molar refractivity (Wildman–Crippen MR) is 116 cm³/mol. The van der Waals surface area contributed by atoms with E-state index in [2.05, 4.69) is 59.7 Å². The average molecular weight is 392 g/mol. The first-order chi connectivity index (χ1) is 13.5. The van der Waals surface area contributed by atoms with Crippen LogP contribution in [0.5, 0.6) is 5.75 Å². The van der Waals surface area contributed by atoms with Gasteiger partial charge in [-0.1, -0.05) is 54.6 Å². The zero-order valence-electron chi connectivity index (χ0n) is 16.0. The molecule has 3 nitrogen and oxygen atoms in total. The maximum absolute atomic E-state index is 12.1. The van der Waals surface area contributed by atoms with Gasteiger partial charge in [-0.3, -0.25) is 4.21 Å². The van der Waals surface area contributed by atoms with Gasteiger partial charge in [0.05, 0.1) is 6.04 Å². The van der Waals surface area contributed by atoms with E-state index in [4.69, 9.17) is 4.74 Å². The Kier molecular flexibility index (Phi) is 5.25. The summed E-state index contributed by atoms with van der Waals surface area (Å²) in [4.78, 5) is 0.741. The van der Waals surface area contributed by atoms with Crippen molar-refractivity contribution in [3.8, 4) is 5.75 Å². The smallest absolute Gasteiger partial charge is 0.140 e. The van der Waals surface area contributed by atoms with Gasteiger partial charge in [-0.2, -0.15) is 0 Å². The van der Waals surface area contributed by atoms with Gasteiger partial charge in [0, 0.05) is 17.7 Å². The molecule has 0 radical (unpaired) electrons. The Labute approximate surface area is 167 Å². The molecular formula is C24H25NO2S. The Hall–Kier alpha value is -2.56. The van der Waals surface area contributed by atoms with Crippen LogP contribution in [-0.2, 0) is 22.5 Å². The molecule has 144 valence electrons. The largest absolute Gasteiger partial charge is 0.484 e. The van der Waals surface area contributed by atoms with Crippen molar-refractivity contribution in [3.05, 3.63) is 95.6 Å². The minimum Gasteiger partial charge on any atom is -0.484 e. The van der Waals surface area contributed by atoms with E-state index in [9.17, 15) is 4.21 Å². The number of hydrogen-bond donors (Lipinski definition) is 1. The molecule has 4 rings (SSSR count). The summed E-state index contributed by atoms with van der Waals surface area (Å²) in [5.41, 5.74) is 3.81. The van der Waals surface area contributed by atoms with Crippen LogP contribution in [0.1, 0.15) is 22.8 Å². The number of rotatable bonds is 6. The summed E-state index contributed by atoms with van der Waals surface area (Å²) in [6, 6.07) is 26.5. The fraction of sp³-hybridized carbons (Fsp3) is 0.208. The number of fused-ring (bicyclic) bond motifs is 1. The molecular weight excluding hydrogens is 366 g/mol. The lowest BCUT2D eigenvalue weighted by atomic mass is 10.1. The first kappa shape index (κ1) is 18.8. The Morgan fingerprint density at radius 1 is 1.00 bits per heavy atom. The van der Waals surface area contributed by atoms with Crippen molar-refractivity contribution >= 4 is 15.4 Å². The molecule has 3 aromatic carbocycles. The Balaban J connectivity index is 1.54. The second-order valence-electron chi connectivity index (χ2n) is 7.39. The summed E-state index contributed by atoms with van der Waals surface area (Å²) in [5.74, 6) is 4.52. The molecule has 3 atom stereocenters. The number of ether oxygens (including phenoxy) is 1. The molecule has 0 aromatic heterocycles. The molecule has 28 heavy (non-hydrogen) atoms. The number of hydrogen-bond acceptors (Lipinski definition) is 3. The Morgan fingerprint density at radius 2 is 1.68 bits per heavy atom. The summed E-state index contributed by atoms with van der Waals surface area (Å²) >= 11 is 0. The molecule has 0 fully saturated rings. The molecule has 0 saturated carbocycles. The zero-order chi connectivity index (χ0) is 19.6. The zero-order valence-corrected chi connectivity index (χ0v) is 16.8. The second kappa shape index (κ2) is 7.82. The first-order valence-corrected chi connectivity index (χ1v) is 11.6. The molecule has 1 aliphatic carbocycles. The summed E-state index contributed by atoms with van der Waals surface area (Å²) < 4.78 is 18.5. The lowest BCUT2D eigenvalue weighted by Crippen LogP contribution is -2.34. The predicted octanol–water partition coefficient (Wildman–Crippen LogP) is 4.23. The Bertz CT molecular complexity index is 1040. The summed E-state index contributed by atoms with van der Waals surface area (Å²) in [6.45, 7) is 0.803. The molecule has 1 N–H and O–H groups in total. The molecule has 0 bridgehead atoms. The van der Waals surface area contributed by atoms with E-state index in [-0.39, 0.29) is 12.1 Å². The minimum atomic E-state index is -2.21. The van der Waals surface area contributed by atoms with E-state index in [0.29, 0.717) is 0 Å². The lowest BCUT2D eigenvalue weighted by molar-refractivity contribution is 0.167. The summed E-state index contributed by atoms with van der Waals surface area (Å²) in [5, 5.41) is 3.67. The van der Waals surface area contributed by atoms with Crippen molar-refractivity contribution in [1.29, 1.82) is 0 Å². The Morgan fingerprint density at radius 3 is 2.39 bits per heavy atom. The van der Waals surface area contributed by atoms with Crippen molar-refractivity contribution in [2.45, 2.75) is 30.0 Å². The highest BCUT2D eigenvalue weighted by atomic mass is 32.2. The van der Waals surface area contributed by atoms with Gasteiger partial charge in [0.2, 0.25) is 0 Å². The monoisotopic (exact) mass is 391 g/mol. The third kappa shape index (κ3) is 4.13. The molecule has 0 saturated heterocycles. The van der Waals surface area contributed by atoms with Crippen molar-refractivity contribution in [2.24, 2.45) is 0 Å². The highest BCUT2D eigenvalue weighted by Gasteiger charge is 2.33. The third-order valence-electron chi connectivity index (χ3n) is 5.16. The highest BCUT2D eigenvalue weighted by molar-refractivity contribution is 7.99. The van der Waals surface area contributed by atoms with Crippen molar-refractivity contribution in [3.63, 3.8) is 0 Å². The van der Waals surface area contributed by atoms with Gasteiger partial charge in [-0.05, 0) is 62.8 Å². The average Bonchev–Trinajstić information content (AvgIpc) is 3.04. The minimum absolute atomic E-state index is 0.0588. The summed E-state index contributed by atoms with van der Waals surface area (Å²) in [7, 11) is -2.21. The third-order valence-corrected chi connectivity index (χ3v) is 6.43. The van der Waals surface area contributed by atoms with Gasteiger partial charge in [-0.25, -0.2) is 0 Å². The van der Waals surface area contributed by atoms with Crippen LogP contribution in [0.25, 0.3) is 0 Å². The van der Waals surface area contributed by atoms with Crippen molar-refractivity contribution in [1.82, 2.24) is 5.32 Å². The van der Waals surface area contributed by atoms with E-state index in [0.717, 1.165) is 23.6 Å². The van der Waals surface area contributed by atoms with Crippen LogP contribution in [0.4, 0.5) is 0 Å². The van der Waals surface area contributed by atoms with Gasteiger partial charge < -0.3 is 10.1 Å². The second-order valence-corrected chi connectivity index (χ2v) is 9.87. The molecule has 0 amide bonds. The first-order valence-electron chi connectivity index (χ1n) is 9.45. The summed E-state index contributed by atoms with van der Waals surface area (Å²) in [6.07, 6.45) is 2.53. The van der Waals surface area contributed by atoms with Crippen molar-refractivity contribution < 1.29 is 8.95 Å². The van der Waals surface area contributed by atoms with Crippen LogP contribution in [0.3, 0.4) is 0 Å². The molecule has 0 spiro atoms. The van der Waals surface area contributed by atoms with Crippen LogP contribution in [0, 0.1) is 0 Å². The quantitative estimate of drug-likeness (QED) is 0.639. The molecule has 1 aliphatic rings. The van der Waals surface area contributed by atoms with E-state index >= 15 is 0 Å². The van der Waals surface area contributed by atoms with E-state index in [1.165, 1.54) is 16.7 Å². The van der Waals surface area contributed by atoms with Gasteiger partial charge in [0.25, 0.3) is 0 Å². The molecule has 1 unspecified atom stereocenters. The van der Waals surface area contributed by atoms with Gasteiger partial charge >= 0.3 is 0 Å². The van der Waals surface area contributed by atoms with Crippen LogP contribution in [-0.4, -0.2) is 22.4 Å². The van der Waals surface area contributed by atoms with Gasteiger partial charge in [0.1, 0.15) is 11.9 Å². The maximum Gasteiger partial charge on any atom is 0.140 e. The van der Waals surface area contributed by atoms with Gasteiger partial charge in [-0.15, -0.1) is 0 Å².